The van der Waals surface area contributed by atoms with Gasteiger partial charge in [0.2, 0.25) is 0 Å². The molecule has 1 N–H and O–H groups in total. The van der Waals surface area contributed by atoms with E-state index in [1.165, 1.54) is 0 Å². The molecule has 2 aliphatic carbocycles. The lowest BCUT2D eigenvalue weighted by Crippen LogP contribution is -2.35. The van der Waals surface area contributed by atoms with Gasteiger partial charge >= 0.3 is 18.2 Å². The summed E-state index contributed by atoms with van der Waals surface area (Å²) in [4.78, 5) is 26.3. The number of carbonyl (C=O) groups excluding carboxylic acids is 1. The first-order valence-corrected chi connectivity index (χ1v) is 15.1. The molecule has 1 saturated heterocycles. The molecule has 1 aliphatic heterocycles. The minimum Gasteiger partial charge on any atom is -0.496 e. The number of alkyl halides is 3. The van der Waals surface area contributed by atoms with Crippen molar-refractivity contribution in [3.63, 3.8) is 0 Å². The average Bonchev–Trinajstić information content (AvgIpc) is 3.24. The number of amides is 1. The van der Waals surface area contributed by atoms with Crippen LogP contribution in [-0.4, -0.2) is 41.8 Å². The van der Waals surface area contributed by atoms with Gasteiger partial charge in [0.25, 0.3) is 0 Å². The van der Waals surface area contributed by atoms with E-state index in [0.717, 1.165) is 65.0 Å². The first-order chi connectivity index (χ1) is 20.7. The molecule has 1 unspecified atom stereocenters. The normalized spacial score (nSPS) is 23.8. The second-order valence-electron chi connectivity index (χ2n) is 13.2. The Balaban J connectivity index is 1.49. The maximum absolute atomic E-state index is 13.6. The highest BCUT2D eigenvalue weighted by atomic mass is 19.4. The fourth-order valence-electron chi connectivity index (χ4n) is 6.86. The van der Waals surface area contributed by atoms with Crippen molar-refractivity contribution in [2.45, 2.75) is 84.5 Å². The van der Waals surface area contributed by atoms with Crippen LogP contribution in [0.2, 0.25) is 0 Å². The summed E-state index contributed by atoms with van der Waals surface area (Å²) in [6.07, 6.45) is 0.358. The van der Waals surface area contributed by atoms with Crippen molar-refractivity contribution in [3.05, 3.63) is 75.9 Å². The maximum Gasteiger partial charge on any atom is 0.416 e. The zero-order chi connectivity index (χ0) is 32.0. The minimum absolute atomic E-state index is 0.00809. The van der Waals surface area contributed by atoms with Crippen LogP contribution in [0.25, 0.3) is 11.1 Å². The van der Waals surface area contributed by atoms with Gasteiger partial charge in [0.1, 0.15) is 11.9 Å². The predicted octanol–water partition coefficient (Wildman–Crippen LogP) is 8.84. The van der Waals surface area contributed by atoms with Crippen LogP contribution >= 0.6 is 0 Å². The second kappa shape index (κ2) is 12.0. The molecular weight excluding hydrogens is 571 g/mol. The molecule has 0 aromatic heterocycles. The zero-order valence-corrected chi connectivity index (χ0v) is 25.9. The predicted molar refractivity (Wildman–Crippen MR) is 162 cm³/mol. The first-order valence-electron chi connectivity index (χ1n) is 15.1. The fraction of sp³-hybridized carbons (Fsp3) is 0.486. The van der Waals surface area contributed by atoms with Crippen molar-refractivity contribution in [1.82, 2.24) is 4.90 Å². The Hall–Kier alpha value is -3.75. The van der Waals surface area contributed by atoms with Gasteiger partial charge in [0.05, 0.1) is 24.6 Å². The Morgan fingerprint density at radius 2 is 1.91 bits per heavy atom. The average molecular weight is 612 g/mol. The molecule has 1 amide bonds. The smallest absolute Gasteiger partial charge is 0.416 e. The molecular formula is C35H40F3NO5. The molecule has 236 valence electrons. The largest absolute Gasteiger partial charge is 0.496 e. The Kier molecular flexibility index (Phi) is 8.62. The van der Waals surface area contributed by atoms with Crippen molar-refractivity contribution < 1.29 is 37.3 Å². The van der Waals surface area contributed by atoms with E-state index in [0.29, 0.717) is 36.9 Å². The van der Waals surface area contributed by atoms with Crippen molar-refractivity contribution in [2.24, 2.45) is 11.3 Å². The summed E-state index contributed by atoms with van der Waals surface area (Å²) >= 11 is 0. The lowest BCUT2D eigenvalue weighted by Gasteiger charge is -2.36. The number of cyclic esters (lactones) is 1. The molecule has 1 fully saturated rings. The van der Waals surface area contributed by atoms with Crippen molar-refractivity contribution in [3.8, 4) is 5.75 Å². The van der Waals surface area contributed by atoms with E-state index in [2.05, 4.69) is 19.9 Å². The number of hydrogen-bond acceptors (Lipinski definition) is 4. The summed E-state index contributed by atoms with van der Waals surface area (Å²) in [5, 5.41) is 9.41. The number of benzene rings is 2. The van der Waals surface area contributed by atoms with Crippen LogP contribution in [0, 0.1) is 18.3 Å². The standard InChI is InChI=1S/C35H40F3NO5/c1-20-14-25(16-27(15-20)35(36,37)38)31-21(2)39(33(42)44-31)19-26-18-34(3,4)13-12-28(26)29-17-24(10-11-30(29)43-5)22-6-8-23(9-7-22)32(40)41/h6,10-11,14-17,21,23,31H,7-9,12-13,18-19H2,1-5H3,(H,40,41)/t21-,23?,31-/m0/s1. The lowest BCUT2D eigenvalue weighted by molar-refractivity contribution is -0.142. The molecule has 3 aliphatic rings. The van der Waals surface area contributed by atoms with Crippen molar-refractivity contribution in [2.75, 3.05) is 13.7 Å². The van der Waals surface area contributed by atoms with Crippen LogP contribution in [0.3, 0.4) is 0 Å². The summed E-state index contributed by atoms with van der Waals surface area (Å²) in [6.45, 7) is 8.12. The van der Waals surface area contributed by atoms with Crippen LogP contribution in [0.15, 0.2) is 48.0 Å². The van der Waals surface area contributed by atoms with Crippen LogP contribution < -0.4 is 4.74 Å². The SMILES string of the molecule is COc1ccc(C2=CCC(C(=O)O)CC2)cc1C1=C(CN2C(=O)O[C@H](c3cc(C)cc(C(F)(F)F)c3)[C@@H]2C)CC(C)(C)CC1. The van der Waals surface area contributed by atoms with Crippen molar-refractivity contribution >= 4 is 23.2 Å². The van der Waals surface area contributed by atoms with Crippen LogP contribution in [0.5, 0.6) is 5.75 Å². The number of aryl methyl sites for hydroxylation is 1. The summed E-state index contributed by atoms with van der Waals surface area (Å²) in [7, 11) is 1.63. The fourth-order valence-corrected chi connectivity index (χ4v) is 6.86. The van der Waals surface area contributed by atoms with Gasteiger partial charge in [-0.3, -0.25) is 9.69 Å². The van der Waals surface area contributed by atoms with E-state index in [9.17, 15) is 27.9 Å². The van der Waals surface area contributed by atoms with Gasteiger partial charge < -0.3 is 14.6 Å². The minimum atomic E-state index is -4.50. The van der Waals surface area contributed by atoms with Gasteiger partial charge in [-0.1, -0.05) is 37.6 Å². The number of allylic oxidation sites excluding steroid dienone is 3. The second-order valence-corrected chi connectivity index (χ2v) is 13.2. The molecule has 9 heteroatoms. The number of aliphatic carboxylic acids is 1. The molecule has 0 bridgehead atoms. The first kappa shape index (κ1) is 31.7. The summed E-state index contributed by atoms with van der Waals surface area (Å²) < 4.78 is 52.2. The maximum atomic E-state index is 13.6. The van der Waals surface area contributed by atoms with Gasteiger partial charge in [-0.25, -0.2) is 4.79 Å². The van der Waals surface area contributed by atoms with Crippen LogP contribution in [-0.2, 0) is 15.7 Å². The third kappa shape index (κ3) is 6.52. The zero-order valence-electron chi connectivity index (χ0n) is 25.9. The van der Waals surface area contributed by atoms with Gasteiger partial charge in [0.15, 0.2) is 0 Å². The monoisotopic (exact) mass is 611 g/mol. The summed E-state index contributed by atoms with van der Waals surface area (Å²) in [5.74, 6) is -0.414. The summed E-state index contributed by atoms with van der Waals surface area (Å²) in [6, 6.07) is 9.40. The number of carboxylic acids is 1. The highest BCUT2D eigenvalue weighted by molar-refractivity contribution is 5.80. The third-order valence-corrected chi connectivity index (χ3v) is 9.33. The number of nitrogens with zero attached hydrogens (tertiary/aromatic N) is 1. The number of rotatable bonds is 7. The number of hydrogen-bond donors (Lipinski definition) is 1. The molecule has 0 spiro atoms. The summed E-state index contributed by atoms with van der Waals surface area (Å²) in [5.41, 5.74) is 5.27. The highest BCUT2D eigenvalue weighted by Crippen LogP contribution is 2.47. The van der Waals surface area contributed by atoms with E-state index >= 15 is 0 Å². The number of ether oxygens (including phenoxy) is 2. The van der Waals surface area contributed by atoms with Crippen LogP contribution in [0.1, 0.15) is 93.2 Å². The van der Waals surface area contributed by atoms with E-state index < -0.39 is 35.9 Å². The van der Waals surface area contributed by atoms with Gasteiger partial charge in [-0.15, -0.1) is 0 Å². The molecule has 2 aromatic rings. The van der Waals surface area contributed by atoms with E-state index in [1.54, 1.807) is 25.0 Å². The topological polar surface area (TPSA) is 76.1 Å². The molecule has 6 nitrogen and oxygen atoms in total. The van der Waals surface area contributed by atoms with E-state index in [1.807, 2.05) is 25.1 Å². The Morgan fingerprint density at radius 3 is 2.55 bits per heavy atom. The molecule has 1 heterocycles. The highest BCUT2D eigenvalue weighted by Gasteiger charge is 2.42. The number of carboxylic acid groups (broad SMARTS) is 1. The van der Waals surface area contributed by atoms with Gasteiger partial charge in [0, 0.05) is 12.1 Å². The molecule has 44 heavy (non-hydrogen) atoms. The van der Waals surface area contributed by atoms with E-state index in [-0.39, 0.29) is 11.3 Å². The number of methoxy groups -OCH3 is 1. The molecule has 2 aromatic carbocycles. The van der Waals surface area contributed by atoms with Gasteiger partial charge in [-0.2, -0.15) is 13.2 Å². The Labute approximate surface area is 256 Å². The van der Waals surface area contributed by atoms with E-state index in [4.69, 9.17) is 9.47 Å². The molecule has 0 radical (unpaired) electrons. The quantitative estimate of drug-likeness (QED) is 0.339. The molecule has 3 atom stereocenters. The third-order valence-electron chi connectivity index (χ3n) is 9.33. The lowest BCUT2D eigenvalue weighted by atomic mass is 9.72. The Bertz CT molecular complexity index is 1520. The van der Waals surface area contributed by atoms with Crippen LogP contribution in [0.4, 0.5) is 18.0 Å². The number of halogens is 3. The molecule has 0 saturated carbocycles. The molecule has 5 rings (SSSR count). The number of carbonyl (C=O) groups is 2. The Morgan fingerprint density at radius 1 is 1.16 bits per heavy atom. The van der Waals surface area contributed by atoms with Gasteiger partial charge in [-0.05, 0) is 110 Å². The van der Waals surface area contributed by atoms with Crippen molar-refractivity contribution in [1.29, 1.82) is 0 Å².